The van der Waals surface area contributed by atoms with Crippen molar-refractivity contribution in [3.05, 3.63) is 23.8 Å². The molecule has 18 heavy (non-hydrogen) atoms. The number of nitrogens with one attached hydrogen (secondary N) is 2. The second kappa shape index (κ2) is 5.76. The van der Waals surface area contributed by atoms with E-state index in [0.29, 0.717) is 6.42 Å². The molecule has 0 heterocycles. The van der Waals surface area contributed by atoms with Crippen molar-refractivity contribution >= 4 is 11.6 Å². The Morgan fingerprint density at radius 2 is 2.00 bits per heavy atom. The van der Waals surface area contributed by atoms with Crippen LogP contribution in [0.3, 0.4) is 0 Å². The molecular formula is C14H22N2O2. The van der Waals surface area contributed by atoms with Gasteiger partial charge in [-0.1, -0.05) is 27.7 Å². The molecule has 3 N–H and O–H groups in total. The molecule has 0 aliphatic heterocycles. The fraction of sp³-hybridized carbons (Fsp3) is 0.500. The molecule has 0 aromatic heterocycles. The minimum atomic E-state index is -0.101. The van der Waals surface area contributed by atoms with Crippen LogP contribution < -0.4 is 10.9 Å². The lowest BCUT2D eigenvalue weighted by atomic mass is 9.81. The molecule has 0 unspecified atom stereocenters. The van der Waals surface area contributed by atoms with E-state index < -0.39 is 0 Å². The first-order chi connectivity index (χ1) is 8.40. The molecule has 0 saturated carbocycles. The average molecular weight is 250 g/mol. The standard InChI is InChI=1S/C14H22N2O2/c1-5-13(18)16-15-10-7-8-12(17)11(9-10)14(3,4)6-2/h7-9,15,17H,5-6H2,1-4H3,(H,16,18). The van der Waals surface area contributed by atoms with Crippen LogP contribution >= 0.6 is 0 Å². The maximum Gasteiger partial charge on any atom is 0.238 e. The molecule has 0 aliphatic rings. The Morgan fingerprint density at radius 1 is 1.33 bits per heavy atom. The van der Waals surface area contributed by atoms with E-state index >= 15 is 0 Å². The SMILES string of the molecule is CCC(=O)NNc1ccc(O)c(C(C)(C)CC)c1. The number of amides is 1. The van der Waals surface area contributed by atoms with E-state index in [1.807, 2.05) is 6.07 Å². The second-order valence-electron chi connectivity index (χ2n) is 5.00. The van der Waals surface area contributed by atoms with Crippen molar-refractivity contribution in [1.82, 2.24) is 5.43 Å². The molecule has 0 bridgehead atoms. The lowest BCUT2D eigenvalue weighted by molar-refractivity contribution is -0.120. The molecular weight excluding hydrogens is 228 g/mol. The topological polar surface area (TPSA) is 61.4 Å². The summed E-state index contributed by atoms with van der Waals surface area (Å²) in [6.07, 6.45) is 1.35. The Morgan fingerprint density at radius 3 is 2.56 bits per heavy atom. The van der Waals surface area contributed by atoms with Crippen molar-refractivity contribution in [2.24, 2.45) is 0 Å². The summed E-state index contributed by atoms with van der Waals surface area (Å²) in [5.74, 6) is 0.216. The maximum absolute atomic E-state index is 11.2. The zero-order valence-electron chi connectivity index (χ0n) is 11.5. The van der Waals surface area contributed by atoms with Gasteiger partial charge < -0.3 is 5.11 Å². The Balaban J connectivity index is 2.91. The summed E-state index contributed by atoms with van der Waals surface area (Å²) >= 11 is 0. The fourth-order valence-corrected chi connectivity index (χ4v) is 1.58. The number of benzene rings is 1. The van der Waals surface area contributed by atoms with Crippen LogP contribution in [0.25, 0.3) is 0 Å². The molecule has 100 valence electrons. The van der Waals surface area contributed by atoms with Gasteiger partial charge in [-0.25, -0.2) is 0 Å². The highest BCUT2D eigenvalue weighted by Crippen LogP contribution is 2.35. The lowest BCUT2D eigenvalue weighted by Crippen LogP contribution is -2.28. The predicted octanol–water partition coefficient (Wildman–Crippen LogP) is 2.93. The van der Waals surface area contributed by atoms with Crippen molar-refractivity contribution in [2.75, 3.05) is 5.43 Å². The average Bonchev–Trinajstić information content (AvgIpc) is 2.37. The molecule has 1 aromatic carbocycles. The van der Waals surface area contributed by atoms with Crippen LogP contribution in [0.1, 0.15) is 46.1 Å². The summed E-state index contributed by atoms with van der Waals surface area (Å²) in [5, 5.41) is 9.91. The summed E-state index contributed by atoms with van der Waals surface area (Å²) in [6, 6.07) is 5.25. The van der Waals surface area contributed by atoms with E-state index in [1.165, 1.54) is 0 Å². The number of phenols is 1. The van der Waals surface area contributed by atoms with E-state index in [0.717, 1.165) is 17.7 Å². The molecule has 0 saturated heterocycles. The van der Waals surface area contributed by atoms with Crippen LogP contribution in [0.15, 0.2) is 18.2 Å². The van der Waals surface area contributed by atoms with Gasteiger partial charge in [0.1, 0.15) is 5.75 Å². The summed E-state index contributed by atoms with van der Waals surface area (Å²) < 4.78 is 0. The zero-order chi connectivity index (χ0) is 13.8. The number of hydrogen-bond acceptors (Lipinski definition) is 3. The number of hydrogen-bond donors (Lipinski definition) is 3. The van der Waals surface area contributed by atoms with Gasteiger partial charge in [0, 0.05) is 12.0 Å². The number of carbonyl (C=O) groups is 1. The maximum atomic E-state index is 11.2. The number of hydrazine groups is 1. The smallest absolute Gasteiger partial charge is 0.238 e. The van der Waals surface area contributed by atoms with Crippen molar-refractivity contribution in [2.45, 2.75) is 46.0 Å². The Hall–Kier alpha value is -1.71. The van der Waals surface area contributed by atoms with Gasteiger partial charge in [-0.2, -0.15) is 0 Å². The highest BCUT2D eigenvalue weighted by Gasteiger charge is 2.22. The zero-order valence-corrected chi connectivity index (χ0v) is 11.5. The molecule has 0 radical (unpaired) electrons. The van der Waals surface area contributed by atoms with Gasteiger partial charge in [0.15, 0.2) is 0 Å². The van der Waals surface area contributed by atoms with E-state index in [2.05, 4.69) is 31.6 Å². The van der Waals surface area contributed by atoms with E-state index in [9.17, 15) is 9.90 Å². The number of phenolic OH excluding ortho intramolecular Hbond substituents is 1. The Bertz CT molecular complexity index is 428. The van der Waals surface area contributed by atoms with Crippen LogP contribution in [-0.4, -0.2) is 11.0 Å². The third-order valence-electron chi connectivity index (χ3n) is 3.28. The predicted molar refractivity (Wildman–Crippen MR) is 73.5 cm³/mol. The first kappa shape index (κ1) is 14.4. The van der Waals surface area contributed by atoms with Gasteiger partial charge in [0.25, 0.3) is 0 Å². The third kappa shape index (κ3) is 3.39. The molecule has 0 spiro atoms. The summed E-state index contributed by atoms with van der Waals surface area (Å²) in [5.41, 5.74) is 6.99. The van der Waals surface area contributed by atoms with Crippen LogP contribution in [0.2, 0.25) is 0 Å². The molecule has 4 nitrogen and oxygen atoms in total. The summed E-state index contributed by atoms with van der Waals surface area (Å²) in [7, 11) is 0. The highest BCUT2D eigenvalue weighted by atomic mass is 16.3. The first-order valence-corrected chi connectivity index (χ1v) is 6.29. The third-order valence-corrected chi connectivity index (χ3v) is 3.28. The number of anilines is 1. The summed E-state index contributed by atoms with van der Waals surface area (Å²) in [6.45, 7) is 8.03. The minimum Gasteiger partial charge on any atom is -0.508 e. The highest BCUT2D eigenvalue weighted by molar-refractivity contribution is 5.77. The molecule has 1 rings (SSSR count). The second-order valence-corrected chi connectivity index (χ2v) is 5.00. The van der Waals surface area contributed by atoms with Crippen molar-refractivity contribution in [3.63, 3.8) is 0 Å². The van der Waals surface area contributed by atoms with Gasteiger partial charge in [-0.3, -0.25) is 15.6 Å². The van der Waals surface area contributed by atoms with E-state index in [-0.39, 0.29) is 17.1 Å². The quantitative estimate of drug-likeness (QED) is 0.556. The molecule has 0 fully saturated rings. The van der Waals surface area contributed by atoms with Crippen LogP contribution in [0.4, 0.5) is 5.69 Å². The summed E-state index contributed by atoms with van der Waals surface area (Å²) in [4.78, 5) is 11.2. The van der Waals surface area contributed by atoms with Gasteiger partial charge in [-0.05, 0) is 30.0 Å². The van der Waals surface area contributed by atoms with Crippen molar-refractivity contribution in [3.8, 4) is 5.75 Å². The number of aromatic hydroxyl groups is 1. The first-order valence-electron chi connectivity index (χ1n) is 6.29. The molecule has 0 atom stereocenters. The van der Waals surface area contributed by atoms with Gasteiger partial charge in [0.2, 0.25) is 5.91 Å². The van der Waals surface area contributed by atoms with Crippen molar-refractivity contribution in [1.29, 1.82) is 0 Å². The van der Waals surface area contributed by atoms with Crippen LogP contribution in [0, 0.1) is 0 Å². The lowest BCUT2D eigenvalue weighted by Gasteiger charge is -2.25. The van der Waals surface area contributed by atoms with Crippen molar-refractivity contribution < 1.29 is 9.90 Å². The minimum absolute atomic E-state index is 0.0700. The van der Waals surface area contributed by atoms with Gasteiger partial charge >= 0.3 is 0 Å². The molecule has 4 heteroatoms. The van der Waals surface area contributed by atoms with Crippen LogP contribution in [-0.2, 0) is 10.2 Å². The Labute approximate surface area is 108 Å². The molecule has 1 aromatic rings. The van der Waals surface area contributed by atoms with Crippen LogP contribution in [0.5, 0.6) is 5.75 Å². The van der Waals surface area contributed by atoms with E-state index in [1.54, 1.807) is 19.1 Å². The normalized spacial score (nSPS) is 11.1. The molecule has 1 amide bonds. The Kier molecular flexibility index (Phi) is 4.59. The number of rotatable bonds is 5. The number of carbonyl (C=O) groups excluding carboxylic acids is 1. The van der Waals surface area contributed by atoms with Gasteiger partial charge in [0.05, 0.1) is 5.69 Å². The monoisotopic (exact) mass is 250 g/mol. The molecule has 0 aliphatic carbocycles. The largest absolute Gasteiger partial charge is 0.508 e. The van der Waals surface area contributed by atoms with E-state index in [4.69, 9.17) is 0 Å². The van der Waals surface area contributed by atoms with Gasteiger partial charge in [-0.15, -0.1) is 0 Å². The fourth-order valence-electron chi connectivity index (χ4n) is 1.58.